The molecule has 1 aromatic rings. The summed E-state index contributed by atoms with van der Waals surface area (Å²) < 4.78 is 1.18. The summed E-state index contributed by atoms with van der Waals surface area (Å²) in [6, 6.07) is 9.60. The van der Waals surface area contributed by atoms with Crippen molar-refractivity contribution in [1.82, 2.24) is 10.2 Å². The molecule has 0 radical (unpaired) electrons. The quantitative estimate of drug-likeness (QED) is 0.923. The Hall–Kier alpha value is -0.580. The van der Waals surface area contributed by atoms with Gasteiger partial charge in [-0.1, -0.05) is 12.1 Å². The monoisotopic (exact) mass is 311 g/mol. The molecule has 3 nitrogen and oxygen atoms in total. The molecule has 0 aromatic heterocycles. The minimum atomic E-state index is 0.543. The molecule has 2 atom stereocenters. The van der Waals surface area contributed by atoms with Crippen molar-refractivity contribution in [3.8, 4) is 0 Å². The number of piperazine rings is 1. The number of likely N-dealkylation sites (N-methyl/N-ethyl adjacent to an activating group) is 2. The fraction of sp³-hybridized carbons (Fsp3) is 0.571. The highest BCUT2D eigenvalue weighted by Crippen LogP contribution is 2.29. The van der Waals surface area contributed by atoms with Crippen molar-refractivity contribution in [2.45, 2.75) is 19.0 Å². The lowest BCUT2D eigenvalue weighted by Gasteiger charge is -2.45. The van der Waals surface area contributed by atoms with Crippen molar-refractivity contribution < 1.29 is 0 Å². The zero-order chi connectivity index (χ0) is 13.1. The van der Waals surface area contributed by atoms with Crippen LogP contribution in [0.1, 0.15) is 6.92 Å². The molecule has 0 spiro atoms. The van der Waals surface area contributed by atoms with E-state index in [0.717, 1.165) is 19.6 Å². The summed E-state index contributed by atoms with van der Waals surface area (Å²) in [4.78, 5) is 4.96. The SMILES string of the molecule is CNCC1CN(c2ccccc2Br)C(C)CN1C. The van der Waals surface area contributed by atoms with E-state index in [4.69, 9.17) is 0 Å². The maximum absolute atomic E-state index is 3.66. The third kappa shape index (κ3) is 2.87. The standard InChI is InChI=1S/C14H22BrN3/c1-11-9-17(3)12(8-16-2)10-18(11)14-7-5-4-6-13(14)15/h4-7,11-12,16H,8-10H2,1-3H3. The Labute approximate surface area is 118 Å². The number of nitrogens with zero attached hydrogens (tertiary/aromatic N) is 2. The third-order valence-electron chi connectivity index (χ3n) is 3.72. The van der Waals surface area contributed by atoms with Gasteiger partial charge < -0.3 is 10.2 Å². The van der Waals surface area contributed by atoms with Crippen molar-refractivity contribution in [2.75, 3.05) is 38.6 Å². The second-order valence-electron chi connectivity index (χ2n) is 5.10. The molecule has 2 unspecified atom stereocenters. The lowest BCUT2D eigenvalue weighted by atomic mass is 10.1. The van der Waals surface area contributed by atoms with Crippen molar-refractivity contribution >= 4 is 21.6 Å². The third-order valence-corrected chi connectivity index (χ3v) is 4.39. The molecule has 0 bridgehead atoms. The van der Waals surface area contributed by atoms with Gasteiger partial charge in [0.15, 0.2) is 0 Å². The molecular formula is C14H22BrN3. The van der Waals surface area contributed by atoms with Gasteiger partial charge in [-0.2, -0.15) is 0 Å². The van der Waals surface area contributed by atoms with Crippen molar-refractivity contribution in [1.29, 1.82) is 0 Å². The maximum atomic E-state index is 3.66. The summed E-state index contributed by atoms with van der Waals surface area (Å²) in [5, 5.41) is 3.29. The molecule has 1 saturated heterocycles. The first-order valence-electron chi connectivity index (χ1n) is 6.49. The summed E-state index contributed by atoms with van der Waals surface area (Å²) in [7, 11) is 4.24. The van der Waals surface area contributed by atoms with E-state index >= 15 is 0 Å². The molecule has 4 heteroatoms. The molecular weight excluding hydrogens is 290 g/mol. The summed E-state index contributed by atoms with van der Waals surface area (Å²) in [6.45, 7) is 5.50. The Bertz CT molecular complexity index is 396. The molecule has 0 saturated carbocycles. The number of rotatable bonds is 3. The Morgan fingerprint density at radius 2 is 2.06 bits per heavy atom. The normalized spacial score (nSPS) is 25.4. The zero-order valence-corrected chi connectivity index (χ0v) is 12.9. The minimum absolute atomic E-state index is 0.543. The van der Waals surface area contributed by atoms with E-state index in [1.165, 1.54) is 10.2 Å². The first-order valence-corrected chi connectivity index (χ1v) is 7.28. The van der Waals surface area contributed by atoms with Crippen LogP contribution < -0.4 is 10.2 Å². The van der Waals surface area contributed by atoms with Crippen LogP contribution in [0.4, 0.5) is 5.69 Å². The Balaban J connectivity index is 2.19. The van der Waals surface area contributed by atoms with Crippen LogP contribution in [0.15, 0.2) is 28.7 Å². The average Bonchev–Trinajstić information content (AvgIpc) is 2.34. The average molecular weight is 312 g/mol. The van der Waals surface area contributed by atoms with Gasteiger partial charge in [0.05, 0.1) is 5.69 Å². The van der Waals surface area contributed by atoms with Gasteiger partial charge in [0, 0.05) is 36.2 Å². The van der Waals surface area contributed by atoms with Gasteiger partial charge in [0.1, 0.15) is 0 Å². The number of anilines is 1. The molecule has 1 aromatic carbocycles. The Morgan fingerprint density at radius 3 is 2.72 bits per heavy atom. The van der Waals surface area contributed by atoms with Gasteiger partial charge in [-0.25, -0.2) is 0 Å². The first-order chi connectivity index (χ1) is 8.63. The lowest BCUT2D eigenvalue weighted by molar-refractivity contribution is 0.190. The van der Waals surface area contributed by atoms with E-state index in [1.54, 1.807) is 0 Å². The van der Waals surface area contributed by atoms with Crippen LogP contribution in [-0.4, -0.2) is 50.7 Å². The van der Waals surface area contributed by atoms with Crippen LogP contribution in [-0.2, 0) is 0 Å². The number of hydrogen-bond donors (Lipinski definition) is 1. The van der Waals surface area contributed by atoms with Crippen LogP contribution in [0.5, 0.6) is 0 Å². The molecule has 100 valence electrons. The fourth-order valence-corrected chi connectivity index (χ4v) is 3.20. The second kappa shape index (κ2) is 6.04. The molecule has 18 heavy (non-hydrogen) atoms. The van der Waals surface area contributed by atoms with Crippen LogP contribution in [0, 0.1) is 0 Å². The fourth-order valence-electron chi connectivity index (χ4n) is 2.69. The number of benzene rings is 1. The molecule has 1 fully saturated rings. The summed E-state index contributed by atoms with van der Waals surface area (Å²) in [5.74, 6) is 0. The van der Waals surface area contributed by atoms with Crippen LogP contribution >= 0.6 is 15.9 Å². The molecule has 1 heterocycles. The molecule has 2 rings (SSSR count). The van der Waals surface area contributed by atoms with E-state index in [-0.39, 0.29) is 0 Å². The van der Waals surface area contributed by atoms with E-state index in [1.807, 2.05) is 7.05 Å². The second-order valence-corrected chi connectivity index (χ2v) is 5.96. The number of nitrogens with one attached hydrogen (secondary N) is 1. The lowest BCUT2D eigenvalue weighted by Crippen LogP contribution is -2.58. The van der Waals surface area contributed by atoms with E-state index in [0.29, 0.717) is 12.1 Å². The predicted molar refractivity (Wildman–Crippen MR) is 81.3 cm³/mol. The van der Waals surface area contributed by atoms with E-state index in [9.17, 15) is 0 Å². The molecule has 1 N–H and O–H groups in total. The van der Waals surface area contributed by atoms with Gasteiger partial charge in [-0.15, -0.1) is 0 Å². The minimum Gasteiger partial charge on any atom is -0.365 e. The van der Waals surface area contributed by atoms with Crippen molar-refractivity contribution in [3.63, 3.8) is 0 Å². The van der Waals surface area contributed by atoms with E-state index < -0.39 is 0 Å². The van der Waals surface area contributed by atoms with E-state index in [2.05, 4.69) is 69.3 Å². The van der Waals surface area contributed by atoms with Gasteiger partial charge in [-0.3, -0.25) is 4.90 Å². The van der Waals surface area contributed by atoms with Crippen LogP contribution in [0.25, 0.3) is 0 Å². The van der Waals surface area contributed by atoms with Crippen LogP contribution in [0.2, 0.25) is 0 Å². The predicted octanol–water partition coefficient (Wildman–Crippen LogP) is 2.18. The molecule has 0 amide bonds. The van der Waals surface area contributed by atoms with Gasteiger partial charge >= 0.3 is 0 Å². The summed E-state index contributed by atoms with van der Waals surface area (Å²) in [6.07, 6.45) is 0. The highest BCUT2D eigenvalue weighted by molar-refractivity contribution is 9.10. The van der Waals surface area contributed by atoms with Gasteiger partial charge in [-0.05, 0) is 49.1 Å². The molecule has 1 aliphatic rings. The van der Waals surface area contributed by atoms with Crippen molar-refractivity contribution in [2.24, 2.45) is 0 Å². The number of halogens is 1. The summed E-state index contributed by atoms with van der Waals surface area (Å²) in [5.41, 5.74) is 1.30. The number of hydrogen-bond acceptors (Lipinski definition) is 3. The Kier molecular flexibility index (Phi) is 4.65. The smallest absolute Gasteiger partial charge is 0.0514 e. The van der Waals surface area contributed by atoms with Crippen molar-refractivity contribution in [3.05, 3.63) is 28.7 Å². The molecule has 1 aliphatic heterocycles. The topological polar surface area (TPSA) is 18.5 Å². The number of para-hydroxylation sites is 1. The van der Waals surface area contributed by atoms with Crippen LogP contribution in [0.3, 0.4) is 0 Å². The largest absolute Gasteiger partial charge is 0.365 e. The highest BCUT2D eigenvalue weighted by atomic mass is 79.9. The zero-order valence-electron chi connectivity index (χ0n) is 11.4. The first kappa shape index (κ1) is 13.8. The summed E-state index contributed by atoms with van der Waals surface area (Å²) >= 11 is 3.66. The van der Waals surface area contributed by atoms with Gasteiger partial charge in [0.25, 0.3) is 0 Å². The van der Waals surface area contributed by atoms with Gasteiger partial charge in [0.2, 0.25) is 0 Å². The highest BCUT2D eigenvalue weighted by Gasteiger charge is 2.29. The Morgan fingerprint density at radius 1 is 1.33 bits per heavy atom. The maximum Gasteiger partial charge on any atom is 0.0514 e. The molecule has 0 aliphatic carbocycles.